The Morgan fingerprint density at radius 1 is 1.39 bits per heavy atom. The van der Waals surface area contributed by atoms with Crippen LogP contribution in [0.15, 0.2) is 24.3 Å². The molecule has 0 saturated heterocycles. The normalized spacial score (nSPS) is 35.9. The van der Waals surface area contributed by atoms with Crippen LogP contribution in [0.3, 0.4) is 0 Å². The summed E-state index contributed by atoms with van der Waals surface area (Å²) in [5.74, 6) is 1.43. The second kappa shape index (κ2) is 4.36. The Hall–Kier alpha value is -0.860. The third-order valence-electron chi connectivity index (χ3n) is 5.43. The van der Waals surface area contributed by atoms with E-state index in [1.807, 2.05) is 12.1 Å². The predicted octanol–water partition coefficient (Wildman–Crippen LogP) is 2.79. The average molecular weight is 245 g/mol. The van der Waals surface area contributed by atoms with Crippen LogP contribution in [0.4, 0.5) is 0 Å². The van der Waals surface area contributed by atoms with E-state index in [0.717, 1.165) is 17.9 Å². The van der Waals surface area contributed by atoms with Gasteiger partial charge in [0.2, 0.25) is 0 Å². The predicted molar refractivity (Wildman–Crippen MR) is 73.1 cm³/mol. The lowest BCUT2D eigenvalue weighted by Crippen LogP contribution is -2.41. The fraction of sp³-hybridized carbons (Fsp3) is 0.625. The number of aliphatic hydroxyl groups excluding tert-OH is 1. The summed E-state index contributed by atoms with van der Waals surface area (Å²) >= 11 is 0. The van der Waals surface area contributed by atoms with Crippen molar-refractivity contribution < 1.29 is 5.11 Å². The molecular weight excluding hydrogens is 222 g/mol. The third kappa shape index (κ3) is 1.63. The lowest BCUT2D eigenvalue weighted by Gasteiger charge is -2.41. The van der Waals surface area contributed by atoms with Crippen molar-refractivity contribution >= 4 is 0 Å². The Labute approximate surface area is 109 Å². The van der Waals surface area contributed by atoms with Crippen molar-refractivity contribution in [3.05, 3.63) is 35.4 Å². The van der Waals surface area contributed by atoms with E-state index in [9.17, 15) is 5.11 Å². The summed E-state index contributed by atoms with van der Waals surface area (Å²) in [5.41, 5.74) is 8.28. The second-order valence-corrected chi connectivity index (χ2v) is 6.28. The first-order valence-corrected chi connectivity index (χ1v) is 7.11. The zero-order valence-electron chi connectivity index (χ0n) is 11.1. The SMILES string of the molecule is Cc1ccccc1C(O)C1(CN)CC2CCC1C2. The van der Waals surface area contributed by atoms with Crippen LogP contribution in [0.1, 0.15) is 42.9 Å². The molecule has 2 nitrogen and oxygen atoms in total. The fourth-order valence-electron chi connectivity index (χ4n) is 4.39. The molecule has 0 spiro atoms. The van der Waals surface area contributed by atoms with Crippen LogP contribution < -0.4 is 5.73 Å². The first kappa shape index (κ1) is 12.2. The van der Waals surface area contributed by atoms with Gasteiger partial charge in [-0.1, -0.05) is 30.7 Å². The second-order valence-electron chi connectivity index (χ2n) is 6.28. The minimum absolute atomic E-state index is 0.0605. The Kier molecular flexibility index (Phi) is 2.95. The summed E-state index contributed by atoms with van der Waals surface area (Å²) in [5, 5.41) is 10.9. The zero-order chi connectivity index (χ0) is 12.8. The van der Waals surface area contributed by atoms with E-state index in [2.05, 4.69) is 19.1 Å². The van der Waals surface area contributed by atoms with Gasteiger partial charge in [0.25, 0.3) is 0 Å². The fourth-order valence-corrected chi connectivity index (χ4v) is 4.39. The molecule has 18 heavy (non-hydrogen) atoms. The first-order chi connectivity index (χ1) is 8.67. The van der Waals surface area contributed by atoms with Gasteiger partial charge in [0.05, 0.1) is 6.10 Å². The van der Waals surface area contributed by atoms with Crippen LogP contribution in [-0.4, -0.2) is 11.7 Å². The quantitative estimate of drug-likeness (QED) is 0.860. The Balaban J connectivity index is 1.96. The van der Waals surface area contributed by atoms with Crippen LogP contribution in [0.2, 0.25) is 0 Å². The molecule has 0 radical (unpaired) electrons. The highest BCUT2D eigenvalue weighted by Gasteiger charge is 2.54. The maximum Gasteiger partial charge on any atom is 0.0863 e. The van der Waals surface area contributed by atoms with Crippen LogP contribution in [-0.2, 0) is 0 Å². The lowest BCUT2D eigenvalue weighted by molar-refractivity contribution is -0.0134. The zero-order valence-corrected chi connectivity index (χ0v) is 11.1. The summed E-state index contributed by atoms with van der Waals surface area (Å²) in [6.07, 6.45) is 4.60. The summed E-state index contributed by atoms with van der Waals surface area (Å²) in [6, 6.07) is 8.18. The van der Waals surface area contributed by atoms with Crippen molar-refractivity contribution in [2.24, 2.45) is 23.0 Å². The molecule has 2 aliphatic carbocycles. The molecular formula is C16H23NO. The maximum atomic E-state index is 10.9. The molecule has 4 unspecified atom stereocenters. The van der Waals surface area contributed by atoms with E-state index in [1.165, 1.54) is 24.8 Å². The number of rotatable bonds is 3. The van der Waals surface area contributed by atoms with Crippen molar-refractivity contribution in [1.82, 2.24) is 0 Å². The monoisotopic (exact) mass is 245 g/mol. The van der Waals surface area contributed by atoms with Crippen LogP contribution in [0.5, 0.6) is 0 Å². The highest BCUT2D eigenvalue weighted by atomic mass is 16.3. The van der Waals surface area contributed by atoms with Crippen LogP contribution >= 0.6 is 0 Å². The van der Waals surface area contributed by atoms with Crippen molar-refractivity contribution in [2.45, 2.75) is 38.7 Å². The largest absolute Gasteiger partial charge is 0.388 e. The maximum absolute atomic E-state index is 10.9. The Bertz CT molecular complexity index is 444. The highest BCUT2D eigenvalue weighted by molar-refractivity contribution is 5.30. The van der Waals surface area contributed by atoms with Gasteiger partial charge in [0.1, 0.15) is 0 Å². The van der Waals surface area contributed by atoms with Crippen LogP contribution in [0.25, 0.3) is 0 Å². The molecule has 1 aromatic carbocycles. The van der Waals surface area contributed by atoms with Gasteiger partial charge in [-0.3, -0.25) is 0 Å². The molecule has 4 atom stereocenters. The van der Waals surface area contributed by atoms with Gasteiger partial charge < -0.3 is 10.8 Å². The number of aliphatic hydroxyl groups is 1. The molecule has 0 amide bonds. The molecule has 3 rings (SSSR count). The minimum Gasteiger partial charge on any atom is -0.388 e. The van der Waals surface area contributed by atoms with E-state index in [4.69, 9.17) is 5.73 Å². The lowest BCUT2D eigenvalue weighted by atomic mass is 9.67. The number of aryl methyl sites for hydroxylation is 1. The first-order valence-electron chi connectivity index (χ1n) is 7.11. The third-order valence-corrected chi connectivity index (χ3v) is 5.43. The van der Waals surface area contributed by atoms with E-state index in [-0.39, 0.29) is 11.5 Å². The van der Waals surface area contributed by atoms with Gasteiger partial charge in [-0.15, -0.1) is 0 Å². The van der Waals surface area contributed by atoms with Gasteiger partial charge >= 0.3 is 0 Å². The summed E-state index contributed by atoms with van der Waals surface area (Å²) in [7, 11) is 0. The molecule has 0 heterocycles. The molecule has 2 aliphatic rings. The number of benzene rings is 1. The molecule has 0 aromatic heterocycles. The minimum atomic E-state index is -0.390. The van der Waals surface area contributed by atoms with Gasteiger partial charge in [-0.05, 0) is 49.1 Å². The summed E-state index contributed by atoms with van der Waals surface area (Å²) in [4.78, 5) is 0. The van der Waals surface area contributed by atoms with Crippen molar-refractivity contribution in [3.8, 4) is 0 Å². The topological polar surface area (TPSA) is 46.2 Å². The van der Waals surface area contributed by atoms with E-state index < -0.39 is 0 Å². The Morgan fingerprint density at radius 2 is 2.17 bits per heavy atom. The molecule has 2 fully saturated rings. The number of hydrogen-bond donors (Lipinski definition) is 2. The molecule has 2 bridgehead atoms. The van der Waals surface area contributed by atoms with Crippen molar-refractivity contribution in [2.75, 3.05) is 6.54 Å². The van der Waals surface area contributed by atoms with E-state index >= 15 is 0 Å². The van der Waals surface area contributed by atoms with E-state index in [1.54, 1.807) is 0 Å². The van der Waals surface area contributed by atoms with Crippen molar-refractivity contribution in [3.63, 3.8) is 0 Å². The molecule has 98 valence electrons. The Morgan fingerprint density at radius 3 is 2.72 bits per heavy atom. The molecule has 0 aliphatic heterocycles. The molecule has 2 heteroatoms. The highest BCUT2D eigenvalue weighted by Crippen LogP contribution is 2.60. The number of nitrogens with two attached hydrogens (primary N) is 1. The van der Waals surface area contributed by atoms with Gasteiger partial charge in [0.15, 0.2) is 0 Å². The average Bonchev–Trinajstić information content (AvgIpc) is 2.99. The standard InChI is InChI=1S/C16H23NO/c1-11-4-2-3-5-14(11)15(18)16(10-17)9-12-6-7-13(16)8-12/h2-5,12-13,15,18H,6-10,17H2,1H3. The van der Waals surface area contributed by atoms with Crippen LogP contribution in [0, 0.1) is 24.2 Å². The summed E-state index contributed by atoms with van der Waals surface area (Å²) < 4.78 is 0. The molecule has 3 N–H and O–H groups in total. The molecule has 1 aromatic rings. The van der Waals surface area contributed by atoms with Crippen molar-refractivity contribution in [1.29, 1.82) is 0 Å². The van der Waals surface area contributed by atoms with E-state index in [0.29, 0.717) is 12.5 Å². The summed E-state index contributed by atoms with van der Waals surface area (Å²) in [6.45, 7) is 2.69. The molecule has 2 saturated carbocycles. The number of fused-ring (bicyclic) bond motifs is 2. The van der Waals surface area contributed by atoms with Gasteiger partial charge in [0, 0.05) is 12.0 Å². The van der Waals surface area contributed by atoms with Gasteiger partial charge in [-0.2, -0.15) is 0 Å². The van der Waals surface area contributed by atoms with Gasteiger partial charge in [-0.25, -0.2) is 0 Å². The smallest absolute Gasteiger partial charge is 0.0863 e. The number of hydrogen-bond acceptors (Lipinski definition) is 2.